The molecule has 2 N–H and O–H groups in total. The van der Waals surface area contributed by atoms with Gasteiger partial charge in [0.2, 0.25) is 0 Å². The molecule has 1 unspecified atom stereocenters. The molecule has 0 aromatic heterocycles. The average molecular weight is 518 g/mol. The number of Topliss-reactive ketones (excluding diaryl/α,β-unsaturated/α-hetero) is 1. The number of hydrogen-bond donors (Lipinski definition) is 2. The molecule has 9 nitrogen and oxygen atoms in total. The Morgan fingerprint density at radius 1 is 0.974 bits per heavy atom. The number of aliphatic hydroxyl groups excluding tert-OH is 1. The Morgan fingerprint density at radius 2 is 1.71 bits per heavy atom. The second-order valence-corrected chi connectivity index (χ2v) is 8.51. The fourth-order valence-corrected chi connectivity index (χ4v) is 4.28. The molecule has 0 bridgehead atoms. The fraction of sp³-hybridized carbons (Fsp3) is 0.207. The molecule has 4 rings (SSSR count). The van der Waals surface area contributed by atoms with Crippen LogP contribution in [0.2, 0.25) is 0 Å². The third kappa shape index (κ3) is 4.90. The van der Waals surface area contributed by atoms with E-state index in [1.807, 2.05) is 6.92 Å². The van der Waals surface area contributed by atoms with Crippen LogP contribution in [-0.4, -0.2) is 48.7 Å². The number of nitrogens with zero attached hydrogens (tertiary/aromatic N) is 1. The van der Waals surface area contributed by atoms with Crippen LogP contribution in [0, 0.1) is 0 Å². The van der Waals surface area contributed by atoms with Gasteiger partial charge in [-0.25, -0.2) is 4.79 Å². The molecule has 9 heteroatoms. The van der Waals surface area contributed by atoms with Crippen LogP contribution >= 0.6 is 0 Å². The van der Waals surface area contributed by atoms with Crippen molar-refractivity contribution < 1.29 is 38.8 Å². The number of hydrogen-bond acceptors (Lipinski definition) is 8. The van der Waals surface area contributed by atoms with Crippen molar-refractivity contribution in [2.75, 3.05) is 25.7 Å². The summed E-state index contributed by atoms with van der Waals surface area (Å²) in [7, 11) is 2.87. The predicted molar refractivity (Wildman–Crippen MR) is 139 cm³/mol. The number of carbonyl (C=O) groups excluding carboxylic acids is 3. The van der Waals surface area contributed by atoms with E-state index < -0.39 is 29.5 Å². The molecule has 1 aliphatic heterocycles. The SMILES string of the molecule is CCCOC(=O)c1cccc(N2C(=O)C(=O)/C(=C(/O)c3cc(OC)ccc3OC)C2c2ccc(O)cc2)c1. The summed E-state index contributed by atoms with van der Waals surface area (Å²) in [6.45, 7) is 2.11. The Morgan fingerprint density at radius 3 is 2.37 bits per heavy atom. The molecule has 38 heavy (non-hydrogen) atoms. The zero-order chi connectivity index (χ0) is 27.4. The maximum absolute atomic E-state index is 13.4. The first kappa shape index (κ1) is 26.3. The van der Waals surface area contributed by atoms with Gasteiger partial charge in [-0.1, -0.05) is 25.1 Å². The van der Waals surface area contributed by atoms with Crippen molar-refractivity contribution in [2.45, 2.75) is 19.4 Å². The van der Waals surface area contributed by atoms with E-state index in [0.717, 1.165) is 0 Å². The molecule has 1 saturated heterocycles. The third-order valence-electron chi connectivity index (χ3n) is 6.11. The number of ether oxygens (including phenoxy) is 3. The highest BCUT2D eigenvalue weighted by atomic mass is 16.5. The number of esters is 1. The van der Waals surface area contributed by atoms with Crippen molar-refractivity contribution in [3.05, 3.63) is 89.0 Å². The van der Waals surface area contributed by atoms with E-state index >= 15 is 0 Å². The largest absolute Gasteiger partial charge is 0.508 e. The molecule has 0 spiro atoms. The van der Waals surface area contributed by atoms with E-state index in [9.17, 15) is 24.6 Å². The lowest BCUT2D eigenvalue weighted by molar-refractivity contribution is -0.132. The van der Waals surface area contributed by atoms with E-state index in [1.54, 1.807) is 42.5 Å². The van der Waals surface area contributed by atoms with Gasteiger partial charge in [-0.2, -0.15) is 0 Å². The Kier molecular flexibility index (Phi) is 7.66. The van der Waals surface area contributed by atoms with Crippen LogP contribution in [0.25, 0.3) is 5.76 Å². The van der Waals surface area contributed by atoms with E-state index in [1.165, 1.54) is 43.4 Å². The van der Waals surface area contributed by atoms with Crippen molar-refractivity contribution in [1.82, 2.24) is 0 Å². The third-order valence-corrected chi connectivity index (χ3v) is 6.11. The number of aromatic hydroxyl groups is 1. The lowest BCUT2D eigenvalue weighted by Crippen LogP contribution is -2.29. The molecule has 1 aliphatic rings. The highest BCUT2D eigenvalue weighted by Crippen LogP contribution is 2.44. The Balaban J connectivity index is 1.92. The first-order valence-electron chi connectivity index (χ1n) is 11.9. The lowest BCUT2D eigenvalue weighted by atomic mass is 9.94. The number of benzene rings is 3. The molecule has 3 aromatic carbocycles. The van der Waals surface area contributed by atoms with Crippen LogP contribution in [0.15, 0.2) is 72.3 Å². The predicted octanol–water partition coefficient (Wildman–Crippen LogP) is 4.60. The molecule has 3 aromatic rings. The number of aliphatic hydroxyl groups is 1. The monoisotopic (exact) mass is 517 g/mol. The first-order valence-corrected chi connectivity index (χ1v) is 11.9. The van der Waals surface area contributed by atoms with Crippen LogP contribution in [-0.2, 0) is 14.3 Å². The van der Waals surface area contributed by atoms with Crippen LogP contribution in [0.4, 0.5) is 5.69 Å². The molecule has 0 radical (unpaired) electrons. The quantitative estimate of drug-likeness (QED) is 0.192. The Hall–Kier alpha value is -4.79. The summed E-state index contributed by atoms with van der Waals surface area (Å²) in [5.41, 5.74) is 0.880. The minimum Gasteiger partial charge on any atom is -0.508 e. The number of phenolic OH excluding ortho intramolecular Hbond substituents is 1. The van der Waals surface area contributed by atoms with Crippen molar-refractivity contribution in [3.63, 3.8) is 0 Å². The second kappa shape index (κ2) is 11.1. The molecule has 0 aliphatic carbocycles. The van der Waals surface area contributed by atoms with Gasteiger partial charge in [-0.3, -0.25) is 14.5 Å². The van der Waals surface area contributed by atoms with E-state index in [2.05, 4.69) is 0 Å². The summed E-state index contributed by atoms with van der Waals surface area (Å²) >= 11 is 0. The zero-order valence-corrected chi connectivity index (χ0v) is 21.1. The summed E-state index contributed by atoms with van der Waals surface area (Å²) in [5, 5.41) is 21.3. The van der Waals surface area contributed by atoms with Crippen LogP contribution in [0.5, 0.6) is 17.2 Å². The molecule has 0 saturated carbocycles. The molecule has 1 amide bonds. The molecule has 196 valence electrons. The summed E-state index contributed by atoms with van der Waals surface area (Å²) in [6, 6.07) is 15.7. The average Bonchev–Trinajstić information content (AvgIpc) is 3.21. The Bertz CT molecular complexity index is 1410. The van der Waals surface area contributed by atoms with Crippen molar-refractivity contribution in [3.8, 4) is 17.2 Å². The number of methoxy groups -OCH3 is 2. The van der Waals surface area contributed by atoms with Gasteiger partial charge >= 0.3 is 5.97 Å². The smallest absolute Gasteiger partial charge is 0.338 e. The number of carbonyl (C=O) groups is 3. The summed E-state index contributed by atoms with van der Waals surface area (Å²) in [6.07, 6.45) is 0.647. The number of phenols is 1. The van der Waals surface area contributed by atoms with Gasteiger partial charge in [0.15, 0.2) is 0 Å². The van der Waals surface area contributed by atoms with Crippen LogP contribution in [0.1, 0.15) is 40.9 Å². The van der Waals surface area contributed by atoms with Gasteiger partial charge < -0.3 is 24.4 Å². The van der Waals surface area contributed by atoms with Crippen molar-refractivity contribution in [1.29, 1.82) is 0 Å². The summed E-state index contributed by atoms with van der Waals surface area (Å²) in [4.78, 5) is 40.6. The van der Waals surface area contributed by atoms with E-state index in [-0.39, 0.29) is 40.5 Å². The fourth-order valence-electron chi connectivity index (χ4n) is 4.28. The number of ketones is 1. The van der Waals surface area contributed by atoms with Gasteiger partial charge in [0, 0.05) is 5.69 Å². The van der Waals surface area contributed by atoms with Crippen LogP contribution in [0.3, 0.4) is 0 Å². The van der Waals surface area contributed by atoms with Gasteiger partial charge in [0.05, 0.1) is 43.6 Å². The Labute approximate surface area is 219 Å². The number of amides is 1. The van der Waals surface area contributed by atoms with E-state index in [4.69, 9.17) is 14.2 Å². The molecule has 1 atom stereocenters. The number of rotatable bonds is 8. The maximum Gasteiger partial charge on any atom is 0.338 e. The second-order valence-electron chi connectivity index (χ2n) is 8.51. The normalized spacial score (nSPS) is 16.4. The minimum atomic E-state index is -1.08. The standard InChI is InChI=1S/C29H27NO8/c1-4-14-38-29(35)18-6-5-7-19(15-18)30-25(17-8-10-20(31)11-9-17)24(27(33)28(30)34)26(32)22-16-21(36-2)12-13-23(22)37-3/h5-13,15-16,25,31-32H,4,14H2,1-3H3/b26-24+. The summed E-state index contributed by atoms with van der Waals surface area (Å²) in [5.74, 6) is -2.19. The topological polar surface area (TPSA) is 123 Å². The molecular weight excluding hydrogens is 490 g/mol. The van der Waals surface area contributed by atoms with Gasteiger partial charge in [0.1, 0.15) is 23.0 Å². The van der Waals surface area contributed by atoms with Crippen molar-refractivity contribution >= 4 is 29.1 Å². The molecule has 1 heterocycles. The van der Waals surface area contributed by atoms with Gasteiger partial charge in [-0.15, -0.1) is 0 Å². The summed E-state index contributed by atoms with van der Waals surface area (Å²) < 4.78 is 15.9. The molecular formula is C29H27NO8. The highest BCUT2D eigenvalue weighted by Gasteiger charge is 2.47. The molecule has 1 fully saturated rings. The lowest BCUT2D eigenvalue weighted by Gasteiger charge is -2.26. The van der Waals surface area contributed by atoms with Gasteiger partial charge in [0.25, 0.3) is 11.7 Å². The van der Waals surface area contributed by atoms with E-state index in [0.29, 0.717) is 17.7 Å². The van der Waals surface area contributed by atoms with Gasteiger partial charge in [-0.05, 0) is 60.5 Å². The minimum absolute atomic E-state index is 0.0131. The van der Waals surface area contributed by atoms with Crippen molar-refractivity contribution in [2.24, 2.45) is 0 Å². The maximum atomic E-state index is 13.4. The first-order chi connectivity index (χ1) is 18.3. The van der Waals surface area contributed by atoms with Crippen LogP contribution < -0.4 is 14.4 Å². The number of anilines is 1. The zero-order valence-electron chi connectivity index (χ0n) is 21.1. The highest BCUT2D eigenvalue weighted by molar-refractivity contribution is 6.51.